The highest BCUT2D eigenvalue weighted by Crippen LogP contribution is 2.40. The van der Waals surface area contributed by atoms with E-state index in [-0.39, 0.29) is 25.9 Å². The Hall–Kier alpha value is -2.90. The number of allylic oxidation sites excluding steroid dienone is 2. The Morgan fingerprint density at radius 3 is 2.59 bits per heavy atom. The molecule has 0 aliphatic carbocycles. The van der Waals surface area contributed by atoms with Crippen molar-refractivity contribution in [2.75, 3.05) is 17.2 Å². The molecular weight excluding hydrogens is 568 g/mol. The van der Waals surface area contributed by atoms with Crippen LogP contribution >= 0.6 is 11.6 Å². The van der Waals surface area contributed by atoms with Gasteiger partial charge in [-0.3, -0.25) is 0 Å². The van der Waals surface area contributed by atoms with Gasteiger partial charge in [-0.05, 0) is 62.6 Å². The summed E-state index contributed by atoms with van der Waals surface area (Å²) < 4.78 is 81.6. The lowest BCUT2D eigenvalue weighted by Gasteiger charge is -2.22. The number of benzene rings is 2. The second kappa shape index (κ2) is 11.3. The van der Waals surface area contributed by atoms with Crippen molar-refractivity contribution in [2.24, 2.45) is 0 Å². The van der Waals surface area contributed by atoms with Gasteiger partial charge < -0.3 is 23.2 Å². The summed E-state index contributed by atoms with van der Waals surface area (Å²) in [5.41, 5.74) is 3.64. The van der Waals surface area contributed by atoms with Crippen LogP contribution in [0, 0.1) is 6.92 Å². The van der Waals surface area contributed by atoms with Crippen LogP contribution in [0.2, 0.25) is 5.02 Å². The van der Waals surface area contributed by atoms with Crippen molar-refractivity contribution >= 4 is 54.7 Å². The largest absolute Gasteiger partial charge is 0.748 e. The zero-order valence-electron chi connectivity index (χ0n) is 21.6. The molecule has 1 atom stereocenters. The fourth-order valence-corrected chi connectivity index (χ4v) is 5.29. The topological polar surface area (TPSA) is 144 Å². The number of fused-ring (bicyclic) bond motifs is 2. The number of rotatable bonds is 10. The highest BCUT2D eigenvalue weighted by molar-refractivity contribution is 7.86. The second-order valence-corrected chi connectivity index (χ2v) is 13.3. The van der Waals surface area contributed by atoms with Crippen molar-refractivity contribution in [3.63, 3.8) is 0 Å². The lowest BCUT2D eigenvalue weighted by molar-refractivity contribution is -0.677. The van der Waals surface area contributed by atoms with Gasteiger partial charge in [0.2, 0.25) is 11.5 Å². The molecule has 1 aromatic heterocycles. The second-order valence-electron chi connectivity index (χ2n) is 9.51. The third-order valence-electron chi connectivity index (χ3n) is 6.31. The minimum Gasteiger partial charge on any atom is -0.748 e. The highest BCUT2D eigenvalue weighted by atomic mass is 35.5. The minimum absolute atomic E-state index is 0.0883. The molecule has 0 bridgehead atoms. The van der Waals surface area contributed by atoms with E-state index >= 15 is 0 Å². The minimum atomic E-state index is -4.43. The van der Waals surface area contributed by atoms with Gasteiger partial charge in [-0.15, -0.1) is 0 Å². The van der Waals surface area contributed by atoms with Crippen LogP contribution < -0.4 is 14.2 Å². The predicted octanol–water partition coefficient (Wildman–Crippen LogP) is 4.08. The van der Waals surface area contributed by atoms with Crippen LogP contribution in [0.1, 0.15) is 38.1 Å². The average Bonchev–Trinajstić information content (AvgIpc) is 3.32. The number of anilines is 1. The predicted molar refractivity (Wildman–Crippen MR) is 145 cm³/mol. The summed E-state index contributed by atoms with van der Waals surface area (Å²) in [6, 6.07) is 10.7. The number of ether oxygens (including phenoxy) is 1. The zero-order chi connectivity index (χ0) is 28.5. The molecule has 0 spiro atoms. The zero-order valence-corrected chi connectivity index (χ0v) is 24.0. The molecule has 0 saturated carbocycles. The monoisotopic (exact) mass is 595 g/mol. The molecule has 0 amide bonds. The van der Waals surface area contributed by atoms with Gasteiger partial charge in [0.25, 0.3) is 5.52 Å². The van der Waals surface area contributed by atoms with E-state index in [0.717, 1.165) is 11.3 Å². The van der Waals surface area contributed by atoms with Gasteiger partial charge in [-0.25, -0.2) is 16.8 Å². The first-order chi connectivity index (χ1) is 18.2. The van der Waals surface area contributed by atoms with Crippen molar-refractivity contribution in [1.82, 2.24) is 0 Å². The Labute approximate surface area is 232 Å². The number of hydrogen-bond donors (Lipinski definition) is 0. The van der Waals surface area contributed by atoms with E-state index in [4.69, 9.17) is 20.8 Å². The molecule has 2 heterocycles. The Morgan fingerprint density at radius 2 is 1.90 bits per heavy atom. The number of hydrogen-bond acceptors (Lipinski definition) is 9. The Bertz CT molecular complexity index is 1680. The van der Waals surface area contributed by atoms with E-state index in [2.05, 4.69) is 0 Å². The molecule has 2 aromatic carbocycles. The van der Waals surface area contributed by atoms with Crippen molar-refractivity contribution in [2.45, 2.75) is 45.4 Å². The number of halogens is 1. The van der Waals surface area contributed by atoms with Crippen LogP contribution in [0.25, 0.3) is 17.2 Å². The van der Waals surface area contributed by atoms with Gasteiger partial charge in [0.15, 0.2) is 12.3 Å². The summed E-state index contributed by atoms with van der Waals surface area (Å²) in [6.07, 6.45) is 3.70. The van der Waals surface area contributed by atoms with Crippen LogP contribution in [-0.4, -0.2) is 43.5 Å². The van der Waals surface area contributed by atoms with E-state index < -0.39 is 31.2 Å². The molecule has 0 saturated heterocycles. The van der Waals surface area contributed by atoms with Crippen LogP contribution in [0.15, 0.2) is 58.3 Å². The first kappa shape index (κ1) is 29.1. The van der Waals surface area contributed by atoms with E-state index in [1.807, 2.05) is 36.9 Å². The van der Waals surface area contributed by atoms with Gasteiger partial charge in [0, 0.05) is 41.1 Å². The van der Waals surface area contributed by atoms with Crippen LogP contribution in [0.3, 0.4) is 0 Å². The first-order valence-electron chi connectivity index (χ1n) is 12.2. The Morgan fingerprint density at radius 1 is 1.15 bits per heavy atom. The summed E-state index contributed by atoms with van der Waals surface area (Å²) in [4.78, 5) is 1.83. The maximum atomic E-state index is 11.5. The third-order valence-corrected chi connectivity index (χ3v) is 8.55. The molecule has 10 nitrogen and oxygen atoms in total. The maximum Gasteiger partial charge on any atom is 0.374 e. The summed E-state index contributed by atoms with van der Waals surface area (Å²) in [7, 11) is -8.80. The van der Waals surface area contributed by atoms with E-state index in [0.29, 0.717) is 39.2 Å². The van der Waals surface area contributed by atoms with Crippen molar-refractivity contribution < 1.29 is 39.7 Å². The molecule has 1 aliphatic rings. The number of nitrogens with zero attached hydrogens (tertiary/aromatic N) is 2. The molecule has 4 rings (SSSR count). The van der Waals surface area contributed by atoms with Gasteiger partial charge in [0.1, 0.15) is 0 Å². The molecule has 39 heavy (non-hydrogen) atoms. The molecular formula is C26H28ClN2O8S2-. The summed E-state index contributed by atoms with van der Waals surface area (Å²) in [5, 5.41) is -0.594. The van der Waals surface area contributed by atoms with E-state index in [1.54, 1.807) is 34.9 Å². The maximum absolute atomic E-state index is 11.5. The van der Waals surface area contributed by atoms with Crippen molar-refractivity contribution in [3.8, 4) is 5.75 Å². The number of oxazole rings is 1. The van der Waals surface area contributed by atoms with E-state index in [1.165, 1.54) is 6.92 Å². The molecule has 210 valence electrons. The third kappa shape index (κ3) is 7.20. The van der Waals surface area contributed by atoms with Crippen molar-refractivity contribution in [1.29, 1.82) is 0 Å². The fourth-order valence-electron chi connectivity index (χ4n) is 4.25. The Kier molecular flexibility index (Phi) is 8.43. The molecule has 13 heteroatoms. The Balaban J connectivity index is 1.68. The smallest absolute Gasteiger partial charge is 0.374 e. The summed E-state index contributed by atoms with van der Waals surface area (Å²) in [5.74, 6) is 0.943. The molecule has 0 radical (unpaired) electrons. The fraction of sp³-hybridized carbons (Fsp3) is 0.346. The van der Waals surface area contributed by atoms with Crippen LogP contribution in [-0.2, 0) is 26.8 Å². The van der Waals surface area contributed by atoms with Crippen molar-refractivity contribution in [3.05, 3.63) is 70.4 Å². The summed E-state index contributed by atoms with van der Waals surface area (Å²) >= 11 is 6.17. The van der Waals surface area contributed by atoms with Gasteiger partial charge in [0.05, 0.1) is 32.0 Å². The standard InChI is InChI=1S/C26H29ClN2O8S2/c1-17-5-7-23-21(13-17)29(11-9-19(3)39(33,34)35)26(36-23)15-18(2)14-25-28(10-4-12-38(30,31)32)22-16-20(27)6-8-24(22)37-25/h5-8,13-16,19H,4,9-12H2,1-3H3,(H-,30,31,32,33,34,35)/p-1. The molecule has 0 N–H and O–H groups in total. The lowest BCUT2D eigenvalue weighted by Crippen LogP contribution is -2.36. The lowest BCUT2D eigenvalue weighted by atomic mass is 10.2. The molecule has 3 aromatic rings. The molecule has 1 aliphatic heterocycles. The van der Waals surface area contributed by atoms with Gasteiger partial charge in [-0.1, -0.05) is 17.7 Å². The number of aromatic nitrogens is 1. The first-order valence-corrected chi connectivity index (χ1v) is 15.6. The normalized spacial score (nSPS) is 16.1. The van der Waals surface area contributed by atoms with Gasteiger partial charge >= 0.3 is 5.89 Å². The SMILES string of the molecule is CC(/C=C1\Oc2ccc(C)cc2N1CCC(C)S(=O)(=O)[O-])=C\c1oc2ccc(Cl)cc2[n+]1CCCS(=O)(=O)[O-]. The molecule has 1 unspecified atom stereocenters. The number of aryl methyl sites for hydroxylation is 2. The average molecular weight is 596 g/mol. The van der Waals surface area contributed by atoms with Gasteiger partial charge in [-0.2, -0.15) is 4.57 Å². The summed E-state index contributed by atoms with van der Waals surface area (Å²) in [6.45, 7) is 5.58. The van der Waals surface area contributed by atoms with Crippen LogP contribution in [0.4, 0.5) is 5.69 Å². The quantitative estimate of drug-likeness (QED) is 0.250. The highest BCUT2D eigenvalue weighted by Gasteiger charge is 2.28. The molecule has 0 fully saturated rings. The van der Waals surface area contributed by atoms with E-state index in [9.17, 15) is 25.9 Å². The van der Waals surface area contributed by atoms with Crippen LogP contribution in [0.5, 0.6) is 5.75 Å².